The van der Waals surface area contributed by atoms with Crippen molar-refractivity contribution in [2.24, 2.45) is 0 Å². The van der Waals surface area contributed by atoms with Crippen molar-refractivity contribution in [1.82, 2.24) is 9.29 Å². The van der Waals surface area contributed by atoms with Gasteiger partial charge in [0.25, 0.3) is 5.69 Å². The molecule has 0 radical (unpaired) electrons. The summed E-state index contributed by atoms with van der Waals surface area (Å²) in [5.74, 6) is 0. The van der Waals surface area contributed by atoms with E-state index < -0.39 is 20.6 Å². The maximum Gasteiger partial charge on any atom is 0.289 e. The number of nitrogens with zero attached hydrogens (tertiary/aromatic N) is 4. The van der Waals surface area contributed by atoms with Gasteiger partial charge in [-0.1, -0.05) is 35.4 Å². The fourth-order valence-electron chi connectivity index (χ4n) is 3.41. The van der Waals surface area contributed by atoms with Crippen LogP contribution in [0.5, 0.6) is 0 Å². The third-order valence-corrected chi connectivity index (χ3v) is 8.18. The number of thiazole rings is 1. The summed E-state index contributed by atoms with van der Waals surface area (Å²) in [5.41, 5.74) is 2.68. The van der Waals surface area contributed by atoms with Gasteiger partial charge in [0, 0.05) is 43.2 Å². The zero-order chi connectivity index (χ0) is 22.2. The first-order chi connectivity index (χ1) is 14.8. The first-order valence-corrected chi connectivity index (χ1v) is 12.2. The number of halogens is 1. The van der Waals surface area contributed by atoms with E-state index in [1.54, 1.807) is 0 Å². The van der Waals surface area contributed by atoms with E-state index in [-0.39, 0.29) is 23.0 Å². The maximum atomic E-state index is 13.0. The molecule has 0 bridgehead atoms. The molecule has 1 saturated heterocycles. The van der Waals surface area contributed by atoms with Gasteiger partial charge in [-0.2, -0.15) is 4.31 Å². The highest BCUT2D eigenvalue weighted by Gasteiger charge is 2.31. The largest absolute Gasteiger partial charge is 0.345 e. The van der Waals surface area contributed by atoms with Gasteiger partial charge < -0.3 is 4.90 Å². The normalized spacial score (nSPS) is 15.2. The van der Waals surface area contributed by atoms with Gasteiger partial charge >= 0.3 is 0 Å². The van der Waals surface area contributed by atoms with Crippen LogP contribution < -0.4 is 4.90 Å². The van der Waals surface area contributed by atoms with Crippen molar-refractivity contribution in [3.05, 3.63) is 68.5 Å². The second-order valence-electron chi connectivity index (χ2n) is 7.15. The number of hydrogen-bond donors (Lipinski definition) is 0. The molecule has 162 valence electrons. The predicted octanol–water partition coefficient (Wildman–Crippen LogP) is 4.19. The highest BCUT2D eigenvalue weighted by molar-refractivity contribution is 7.89. The van der Waals surface area contributed by atoms with Crippen molar-refractivity contribution in [3.8, 4) is 11.3 Å². The molecule has 1 aromatic heterocycles. The van der Waals surface area contributed by atoms with Crippen molar-refractivity contribution in [1.29, 1.82) is 0 Å². The molecular formula is C20H19ClN4O4S2. The van der Waals surface area contributed by atoms with Crippen LogP contribution in [0, 0.1) is 17.0 Å². The molecule has 2 aromatic carbocycles. The zero-order valence-corrected chi connectivity index (χ0v) is 19.0. The van der Waals surface area contributed by atoms with Crippen LogP contribution in [0.25, 0.3) is 11.3 Å². The second-order valence-corrected chi connectivity index (χ2v) is 10.3. The van der Waals surface area contributed by atoms with Gasteiger partial charge in [-0.05, 0) is 25.1 Å². The van der Waals surface area contributed by atoms with Crippen molar-refractivity contribution in [2.75, 3.05) is 31.1 Å². The first kappa shape index (κ1) is 21.7. The molecule has 0 spiro atoms. The predicted molar refractivity (Wildman–Crippen MR) is 121 cm³/mol. The zero-order valence-electron chi connectivity index (χ0n) is 16.6. The molecule has 1 fully saturated rings. The van der Waals surface area contributed by atoms with E-state index in [1.807, 2.05) is 30.5 Å². The van der Waals surface area contributed by atoms with Gasteiger partial charge in [0.15, 0.2) is 5.13 Å². The molecule has 0 saturated carbocycles. The Morgan fingerprint density at radius 2 is 1.87 bits per heavy atom. The molecule has 0 N–H and O–H groups in total. The molecule has 0 unspecified atom stereocenters. The lowest BCUT2D eigenvalue weighted by atomic mass is 10.1. The first-order valence-electron chi connectivity index (χ1n) is 9.47. The van der Waals surface area contributed by atoms with E-state index in [1.165, 1.54) is 27.8 Å². The lowest BCUT2D eigenvalue weighted by Gasteiger charge is -2.33. The van der Waals surface area contributed by atoms with E-state index in [0.29, 0.717) is 13.1 Å². The standard InChI is InChI=1S/C20H19ClN4O4S2/c1-14-3-2-4-15(11-14)18-13-30-20(22-18)23-7-9-24(10-8-23)31(28,29)16-5-6-17(21)19(12-16)25(26)27/h2-6,11-13H,7-10H2,1H3. The summed E-state index contributed by atoms with van der Waals surface area (Å²) >= 11 is 7.33. The summed E-state index contributed by atoms with van der Waals surface area (Å²) in [6.45, 7) is 3.52. The number of benzene rings is 2. The number of piperazine rings is 1. The summed E-state index contributed by atoms with van der Waals surface area (Å²) in [6, 6.07) is 11.7. The minimum Gasteiger partial charge on any atom is -0.345 e. The van der Waals surface area contributed by atoms with E-state index in [4.69, 9.17) is 16.6 Å². The molecule has 31 heavy (non-hydrogen) atoms. The van der Waals surface area contributed by atoms with Crippen LogP contribution in [0.15, 0.2) is 52.7 Å². The molecule has 1 aliphatic rings. The SMILES string of the molecule is Cc1cccc(-c2csc(N3CCN(S(=O)(=O)c4ccc(Cl)c([N+](=O)[O-])c4)CC3)n2)c1. The lowest BCUT2D eigenvalue weighted by Crippen LogP contribution is -2.48. The highest BCUT2D eigenvalue weighted by Crippen LogP contribution is 2.31. The van der Waals surface area contributed by atoms with Crippen LogP contribution in [0.2, 0.25) is 5.02 Å². The van der Waals surface area contributed by atoms with Crippen LogP contribution in [0.1, 0.15) is 5.56 Å². The van der Waals surface area contributed by atoms with Gasteiger partial charge in [-0.25, -0.2) is 13.4 Å². The number of nitro groups is 1. The van der Waals surface area contributed by atoms with Gasteiger partial charge in [-0.15, -0.1) is 11.3 Å². The smallest absolute Gasteiger partial charge is 0.289 e. The van der Waals surface area contributed by atoms with Crippen LogP contribution in [0.4, 0.5) is 10.8 Å². The minimum atomic E-state index is -3.86. The average molecular weight is 479 g/mol. The minimum absolute atomic E-state index is 0.0954. The summed E-state index contributed by atoms with van der Waals surface area (Å²) in [5, 5.41) is 13.8. The number of aryl methyl sites for hydroxylation is 1. The molecule has 4 rings (SSSR count). The van der Waals surface area contributed by atoms with E-state index in [9.17, 15) is 18.5 Å². The van der Waals surface area contributed by atoms with Crippen molar-refractivity contribution in [2.45, 2.75) is 11.8 Å². The summed E-state index contributed by atoms with van der Waals surface area (Å²) < 4.78 is 27.3. The Hall–Kier alpha value is -2.53. The van der Waals surface area contributed by atoms with Gasteiger partial charge in [0.05, 0.1) is 15.5 Å². The third-order valence-electron chi connectivity index (χ3n) is 5.07. The van der Waals surface area contributed by atoms with Crippen LogP contribution >= 0.6 is 22.9 Å². The second kappa shape index (κ2) is 8.54. The Kier molecular flexibility index (Phi) is 5.98. The molecule has 8 nitrogen and oxygen atoms in total. The van der Waals surface area contributed by atoms with Crippen LogP contribution in [0.3, 0.4) is 0 Å². The summed E-state index contributed by atoms with van der Waals surface area (Å²) in [7, 11) is -3.86. The van der Waals surface area contributed by atoms with Crippen molar-refractivity contribution >= 4 is 43.8 Å². The molecule has 1 aliphatic heterocycles. The molecular weight excluding hydrogens is 460 g/mol. The monoisotopic (exact) mass is 478 g/mol. The fraction of sp³-hybridized carbons (Fsp3) is 0.250. The van der Waals surface area contributed by atoms with Gasteiger partial charge in [-0.3, -0.25) is 10.1 Å². The Morgan fingerprint density at radius 1 is 1.13 bits per heavy atom. The molecule has 0 amide bonds. The van der Waals surface area contributed by atoms with Crippen LogP contribution in [-0.2, 0) is 10.0 Å². The third kappa shape index (κ3) is 4.42. The Bertz CT molecular complexity index is 1240. The van der Waals surface area contributed by atoms with Crippen molar-refractivity contribution < 1.29 is 13.3 Å². The van der Waals surface area contributed by atoms with E-state index in [2.05, 4.69) is 11.0 Å². The van der Waals surface area contributed by atoms with Crippen molar-refractivity contribution in [3.63, 3.8) is 0 Å². The number of aromatic nitrogens is 1. The number of rotatable bonds is 5. The average Bonchev–Trinajstić information content (AvgIpc) is 3.24. The van der Waals surface area contributed by atoms with Gasteiger partial charge in [0.2, 0.25) is 10.0 Å². The van der Waals surface area contributed by atoms with E-state index in [0.717, 1.165) is 28.0 Å². The molecule has 11 heteroatoms. The number of sulfonamides is 1. The number of nitro benzene ring substituents is 1. The van der Waals surface area contributed by atoms with E-state index >= 15 is 0 Å². The molecule has 3 aromatic rings. The summed E-state index contributed by atoms with van der Waals surface area (Å²) in [6.07, 6.45) is 0. The van der Waals surface area contributed by atoms with Gasteiger partial charge in [0.1, 0.15) is 5.02 Å². The number of anilines is 1. The fourth-order valence-corrected chi connectivity index (χ4v) is 5.93. The van der Waals surface area contributed by atoms with Crippen LogP contribution in [-0.4, -0.2) is 48.8 Å². The number of hydrogen-bond acceptors (Lipinski definition) is 7. The quantitative estimate of drug-likeness (QED) is 0.403. The molecule has 0 atom stereocenters. The Labute approximate surface area is 188 Å². The summed E-state index contributed by atoms with van der Waals surface area (Å²) in [4.78, 5) is 17.1. The Morgan fingerprint density at radius 3 is 2.55 bits per heavy atom. The Balaban J connectivity index is 1.48. The highest BCUT2D eigenvalue weighted by atomic mass is 35.5. The topological polar surface area (TPSA) is 96.7 Å². The maximum absolute atomic E-state index is 13.0. The molecule has 0 aliphatic carbocycles. The lowest BCUT2D eigenvalue weighted by molar-refractivity contribution is -0.384. The molecule has 2 heterocycles.